The van der Waals surface area contributed by atoms with Crippen LogP contribution in [0.3, 0.4) is 0 Å². The van der Waals surface area contributed by atoms with E-state index in [2.05, 4.69) is 4.98 Å². The van der Waals surface area contributed by atoms with Gasteiger partial charge in [-0.3, -0.25) is 24.6 Å². The predicted octanol–water partition coefficient (Wildman–Crippen LogP) is 0.427. The molecule has 1 N–H and O–H groups in total. The molecule has 90 valence electrons. The maximum absolute atomic E-state index is 11.2. The first kappa shape index (κ1) is 12.6. The highest BCUT2D eigenvalue weighted by Gasteiger charge is 2.17. The van der Waals surface area contributed by atoms with Gasteiger partial charge >= 0.3 is 5.97 Å². The van der Waals surface area contributed by atoms with Gasteiger partial charge in [0.25, 0.3) is 5.69 Å². The summed E-state index contributed by atoms with van der Waals surface area (Å²) in [4.78, 5) is 36.1. The Bertz CT molecular complexity index is 456. The Labute approximate surface area is 95.6 Å². The molecule has 0 spiro atoms. The van der Waals surface area contributed by atoms with E-state index in [-0.39, 0.29) is 11.5 Å². The first-order valence-corrected chi connectivity index (χ1v) is 4.52. The van der Waals surface area contributed by atoms with E-state index in [1.165, 1.54) is 13.0 Å². The Hall–Kier alpha value is -2.51. The molecule has 0 unspecified atom stereocenters. The summed E-state index contributed by atoms with van der Waals surface area (Å²) in [6.07, 6.45) is 0.965. The highest BCUT2D eigenvalue weighted by Crippen LogP contribution is 2.15. The van der Waals surface area contributed by atoms with Crippen molar-refractivity contribution in [2.24, 2.45) is 0 Å². The number of nitro groups is 1. The van der Waals surface area contributed by atoms with E-state index < -0.39 is 23.3 Å². The summed E-state index contributed by atoms with van der Waals surface area (Å²) in [5.74, 6) is -1.64. The van der Waals surface area contributed by atoms with E-state index in [1.807, 2.05) is 0 Å². The second-order valence-electron chi connectivity index (χ2n) is 3.13. The first-order chi connectivity index (χ1) is 7.91. The van der Waals surface area contributed by atoms with Gasteiger partial charge in [0.15, 0.2) is 0 Å². The number of aromatic nitrogens is 1. The average molecular weight is 239 g/mol. The Morgan fingerprint density at radius 3 is 2.53 bits per heavy atom. The zero-order chi connectivity index (χ0) is 13.0. The van der Waals surface area contributed by atoms with Gasteiger partial charge in [-0.15, -0.1) is 0 Å². The van der Waals surface area contributed by atoms with E-state index in [1.54, 1.807) is 0 Å². The van der Waals surface area contributed by atoms with Crippen LogP contribution in [0.5, 0.6) is 0 Å². The van der Waals surface area contributed by atoms with Crippen molar-refractivity contribution in [2.75, 3.05) is 11.4 Å². The number of nitrogens with zero attached hydrogens (tertiary/aromatic N) is 3. The van der Waals surface area contributed by atoms with Crippen molar-refractivity contribution in [3.8, 4) is 0 Å². The molecule has 1 heterocycles. The van der Waals surface area contributed by atoms with E-state index in [4.69, 9.17) is 5.11 Å². The Balaban J connectivity index is 2.99. The van der Waals surface area contributed by atoms with Crippen molar-refractivity contribution in [2.45, 2.75) is 6.92 Å². The van der Waals surface area contributed by atoms with Crippen molar-refractivity contribution < 1.29 is 19.6 Å². The van der Waals surface area contributed by atoms with E-state index >= 15 is 0 Å². The molecule has 0 aliphatic rings. The van der Waals surface area contributed by atoms with Crippen LogP contribution in [0.2, 0.25) is 0 Å². The lowest BCUT2D eigenvalue weighted by atomic mass is 10.3. The molecule has 1 amide bonds. The van der Waals surface area contributed by atoms with Crippen LogP contribution in [0.25, 0.3) is 0 Å². The SMILES string of the molecule is CC(=O)N(CC(=O)O)c1ccc([N+](=O)[O-])cn1. The number of hydrogen-bond acceptors (Lipinski definition) is 5. The number of carboxylic acids is 1. The van der Waals surface area contributed by atoms with Crippen molar-refractivity contribution in [3.63, 3.8) is 0 Å². The van der Waals surface area contributed by atoms with Gasteiger partial charge in [-0.1, -0.05) is 0 Å². The molecule has 0 saturated carbocycles. The monoisotopic (exact) mass is 239 g/mol. The third-order valence-corrected chi connectivity index (χ3v) is 1.89. The fourth-order valence-electron chi connectivity index (χ4n) is 1.13. The fraction of sp³-hybridized carbons (Fsp3) is 0.222. The van der Waals surface area contributed by atoms with Crippen molar-refractivity contribution >= 4 is 23.4 Å². The fourth-order valence-corrected chi connectivity index (χ4v) is 1.13. The first-order valence-electron chi connectivity index (χ1n) is 4.52. The summed E-state index contributed by atoms with van der Waals surface area (Å²) < 4.78 is 0. The number of rotatable bonds is 4. The van der Waals surface area contributed by atoms with Crippen LogP contribution in [0, 0.1) is 10.1 Å². The van der Waals surface area contributed by atoms with Crippen LogP contribution in [-0.4, -0.2) is 33.4 Å². The van der Waals surface area contributed by atoms with Gasteiger partial charge in [-0.05, 0) is 6.07 Å². The maximum atomic E-state index is 11.2. The van der Waals surface area contributed by atoms with Gasteiger partial charge in [0, 0.05) is 13.0 Å². The lowest BCUT2D eigenvalue weighted by Crippen LogP contribution is -2.34. The Kier molecular flexibility index (Phi) is 3.70. The zero-order valence-corrected chi connectivity index (χ0v) is 8.86. The van der Waals surface area contributed by atoms with E-state index in [0.717, 1.165) is 17.2 Å². The summed E-state index contributed by atoms with van der Waals surface area (Å²) >= 11 is 0. The van der Waals surface area contributed by atoms with E-state index in [9.17, 15) is 19.7 Å². The lowest BCUT2D eigenvalue weighted by molar-refractivity contribution is -0.385. The molecule has 8 nitrogen and oxygen atoms in total. The summed E-state index contributed by atoms with van der Waals surface area (Å²) in [6.45, 7) is 0.645. The molecule has 1 rings (SSSR count). The van der Waals surface area contributed by atoms with Gasteiger partial charge in [-0.2, -0.15) is 0 Å². The zero-order valence-electron chi connectivity index (χ0n) is 8.86. The molecular formula is C9H9N3O5. The molecule has 17 heavy (non-hydrogen) atoms. The minimum atomic E-state index is -1.19. The smallest absolute Gasteiger partial charge is 0.323 e. The second-order valence-corrected chi connectivity index (χ2v) is 3.13. The van der Waals surface area contributed by atoms with Gasteiger partial charge in [0.2, 0.25) is 5.91 Å². The highest BCUT2D eigenvalue weighted by molar-refractivity contribution is 5.94. The van der Waals surface area contributed by atoms with Crippen molar-refractivity contribution in [3.05, 3.63) is 28.4 Å². The molecule has 0 aliphatic carbocycles. The minimum absolute atomic E-state index is 0.0606. The molecule has 0 aromatic carbocycles. The van der Waals surface area contributed by atoms with Crippen LogP contribution in [0.15, 0.2) is 18.3 Å². The number of pyridine rings is 1. The molecule has 0 radical (unpaired) electrons. The van der Waals surface area contributed by atoms with E-state index in [0.29, 0.717) is 0 Å². The quantitative estimate of drug-likeness (QED) is 0.601. The van der Waals surface area contributed by atoms with Crippen LogP contribution in [-0.2, 0) is 9.59 Å². The average Bonchev–Trinajstić information content (AvgIpc) is 2.25. The van der Waals surface area contributed by atoms with Crippen LogP contribution >= 0.6 is 0 Å². The molecule has 8 heteroatoms. The second kappa shape index (κ2) is 5.01. The van der Waals surface area contributed by atoms with Crippen molar-refractivity contribution in [1.82, 2.24) is 4.98 Å². The lowest BCUT2D eigenvalue weighted by Gasteiger charge is -2.16. The Morgan fingerprint density at radius 1 is 1.53 bits per heavy atom. The molecule has 0 saturated heterocycles. The molecule has 0 bridgehead atoms. The van der Waals surface area contributed by atoms with Gasteiger partial charge < -0.3 is 5.11 Å². The molecular weight excluding hydrogens is 230 g/mol. The number of carbonyl (C=O) groups excluding carboxylic acids is 1. The standard InChI is InChI=1S/C9H9N3O5/c1-6(13)11(5-9(14)15)8-3-2-7(4-10-8)12(16)17/h2-4H,5H2,1H3,(H,14,15). The number of amides is 1. The predicted molar refractivity (Wildman–Crippen MR) is 56.6 cm³/mol. The van der Waals surface area contributed by atoms with Gasteiger partial charge in [0.05, 0.1) is 4.92 Å². The summed E-state index contributed by atoms with van der Waals surface area (Å²) in [6, 6.07) is 2.38. The third-order valence-electron chi connectivity index (χ3n) is 1.89. The number of hydrogen-bond donors (Lipinski definition) is 1. The molecule has 1 aromatic heterocycles. The largest absolute Gasteiger partial charge is 0.480 e. The number of anilines is 1. The summed E-state index contributed by atoms with van der Waals surface area (Å²) in [5, 5.41) is 19.0. The summed E-state index contributed by atoms with van der Waals surface area (Å²) in [5.41, 5.74) is -0.229. The van der Waals surface area contributed by atoms with Gasteiger partial charge in [-0.25, -0.2) is 4.98 Å². The Morgan fingerprint density at radius 2 is 2.18 bits per heavy atom. The molecule has 0 fully saturated rings. The molecule has 0 aliphatic heterocycles. The number of carboxylic acid groups (broad SMARTS) is 1. The van der Waals surface area contributed by atoms with Gasteiger partial charge in [0.1, 0.15) is 18.6 Å². The van der Waals surface area contributed by atoms with Crippen LogP contribution < -0.4 is 4.90 Å². The normalized spacial score (nSPS) is 9.71. The van der Waals surface area contributed by atoms with Crippen molar-refractivity contribution in [1.29, 1.82) is 0 Å². The minimum Gasteiger partial charge on any atom is -0.480 e. The number of aliphatic carboxylic acids is 1. The van der Waals surface area contributed by atoms with Crippen LogP contribution in [0.1, 0.15) is 6.92 Å². The maximum Gasteiger partial charge on any atom is 0.323 e. The number of carbonyl (C=O) groups is 2. The highest BCUT2D eigenvalue weighted by atomic mass is 16.6. The topological polar surface area (TPSA) is 114 Å². The molecule has 0 atom stereocenters. The van der Waals surface area contributed by atoms with Crippen LogP contribution in [0.4, 0.5) is 11.5 Å². The molecule has 1 aromatic rings. The third kappa shape index (κ3) is 3.23. The summed E-state index contributed by atoms with van der Waals surface area (Å²) in [7, 11) is 0.